The van der Waals surface area contributed by atoms with E-state index in [2.05, 4.69) is 32.9 Å². The molecule has 0 aliphatic carbocycles. The number of carbonyl (C=O) groups excluding carboxylic acids is 1. The third-order valence-corrected chi connectivity index (χ3v) is 4.45. The van der Waals surface area contributed by atoms with Gasteiger partial charge in [-0.15, -0.1) is 0 Å². The smallest absolute Gasteiger partial charge is 0.230 e. The molecule has 3 nitrogen and oxygen atoms in total. The summed E-state index contributed by atoms with van der Waals surface area (Å²) < 4.78 is 0. The Hall–Kier alpha value is -1.35. The molecule has 0 saturated carbocycles. The van der Waals surface area contributed by atoms with Gasteiger partial charge in [0.15, 0.2) is 0 Å². The van der Waals surface area contributed by atoms with E-state index >= 15 is 0 Å². The van der Waals surface area contributed by atoms with E-state index in [-0.39, 0.29) is 17.2 Å². The summed E-state index contributed by atoms with van der Waals surface area (Å²) in [5, 5.41) is 0. The Labute approximate surface area is 122 Å². The van der Waals surface area contributed by atoms with Crippen LogP contribution < -0.4 is 5.73 Å². The van der Waals surface area contributed by atoms with E-state index < -0.39 is 0 Å². The Balaban J connectivity index is 2.17. The van der Waals surface area contributed by atoms with Crippen LogP contribution in [0.15, 0.2) is 30.3 Å². The lowest BCUT2D eigenvalue weighted by molar-refractivity contribution is -0.133. The molecule has 0 bridgehead atoms. The van der Waals surface area contributed by atoms with Gasteiger partial charge in [-0.3, -0.25) is 4.79 Å². The fraction of sp³-hybridized carbons (Fsp3) is 0.588. The number of carbonyl (C=O) groups is 1. The van der Waals surface area contributed by atoms with Crippen LogP contribution in [0.2, 0.25) is 0 Å². The molecule has 1 saturated heterocycles. The van der Waals surface area contributed by atoms with E-state index in [1.165, 1.54) is 0 Å². The number of hydrogen-bond donors (Lipinski definition) is 1. The molecule has 20 heavy (non-hydrogen) atoms. The highest BCUT2D eigenvalue weighted by molar-refractivity contribution is 5.84. The Morgan fingerprint density at radius 1 is 1.35 bits per heavy atom. The van der Waals surface area contributed by atoms with E-state index in [0.717, 1.165) is 25.1 Å². The van der Waals surface area contributed by atoms with E-state index in [4.69, 9.17) is 5.73 Å². The zero-order valence-corrected chi connectivity index (χ0v) is 12.8. The van der Waals surface area contributed by atoms with Gasteiger partial charge in [0.25, 0.3) is 0 Å². The number of nitrogens with two attached hydrogens (primary N) is 1. The molecule has 1 heterocycles. The first-order valence-electron chi connectivity index (χ1n) is 7.51. The summed E-state index contributed by atoms with van der Waals surface area (Å²) in [5.74, 6) is 0.509. The Morgan fingerprint density at radius 3 is 2.50 bits per heavy atom. The fourth-order valence-corrected chi connectivity index (χ4v) is 3.05. The number of amides is 1. The van der Waals surface area contributed by atoms with Gasteiger partial charge in [0, 0.05) is 13.1 Å². The molecule has 110 valence electrons. The van der Waals surface area contributed by atoms with Crippen molar-refractivity contribution in [2.75, 3.05) is 19.6 Å². The van der Waals surface area contributed by atoms with Gasteiger partial charge in [-0.1, -0.05) is 51.1 Å². The number of likely N-dealkylation sites (tertiary alicyclic amines) is 1. The van der Waals surface area contributed by atoms with Crippen LogP contribution in [0.4, 0.5) is 0 Å². The third-order valence-electron chi connectivity index (χ3n) is 4.45. The van der Waals surface area contributed by atoms with Gasteiger partial charge < -0.3 is 10.6 Å². The maximum Gasteiger partial charge on any atom is 0.230 e. The van der Waals surface area contributed by atoms with Gasteiger partial charge in [0.2, 0.25) is 5.91 Å². The Morgan fingerprint density at radius 2 is 2.00 bits per heavy atom. The maximum absolute atomic E-state index is 12.9. The van der Waals surface area contributed by atoms with Crippen LogP contribution >= 0.6 is 0 Å². The molecule has 0 radical (unpaired) electrons. The molecule has 1 aromatic carbocycles. The van der Waals surface area contributed by atoms with E-state index in [0.29, 0.717) is 12.5 Å². The van der Waals surface area contributed by atoms with Crippen LogP contribution in [-0.2, 0) is 4.79 Å². The molecular formula is C17H26N2O. The molecule has 3 heteroatoms. The molecule has 1 aliphatic heterocycles. The minimum absolute atomic E-state index is 0.0451. The lowest BCUT2D eigenvalue weighted by Gasteiger charge is -2.28. The van der Waals surface area contributed by atoms with Gasteiger partial charge in [-0.25, -0.2) is 0 Å². The first-order valence-corrected chi connectivity index (χ1v) is 7.51. The minimum atomic E-state index is -0.0451. The fourth-order valence-electron chi connectivity index (χ4n) is 3.05. The molecule has 0 aromatic heterocycles. The van der Waals surface area contributed by atoms with Crippen molar-refractivity contribution in [1.29, 1.82) is 0 Å². The molecule has 1 amide bonds. The second kappa shape index (κ2) is 5.96. The quantitative estimate of drug-likeness (QED) is 0.917. The Bertz CT molecular complexity index is 457. The monoisotopic (exact) mass is 274 g/mol. The zero-order valence-electron chi connectivity index (χ0n) is 12.8. The van der Waals surface area contributed by atoms with Crippen molar-refractivity contribution in [3.05, 3.63) is 35.9 Å². The zero-order chi connectivity index (χ0) is 14.8. The van der Waals surface area contributed by atoms with Gasteiger partial charge in [0.05, 0.1) is 5.92 Å². The van der Waals surface area contributed by atoms with Crippen LogP contribution in [-0.4, -0.2) is 30.4 Å². The highest BCUT2D eigenvalue weighted by Gasteiger charge is 2.38. The third kappa shape index (κ3) is 3.04. The van der Waals surface area contributed by atoms with Crippen molar-refractivity contribution in [1.82, 2.24) is 4.90 Å². The van der Waals surface area contributed by atoms with E-state index in [1.807, 2.05) is 23.1 Å². The lowest BCUT2D eigenvalue weighted by Crippen LogP contribution is -2.38. The largest absolute Gasteiger partial charge is 0.342 e. The van der Waals surface area contributed by atoms with Crippen molar-refractivity contribution in [2.24, 2.45) is 17.1 Å². The average Bonchev–Trinajstić information content (AvgIpc) is 2.83. The van der Waals surface area contributed by atoms with Crippen molar-refractivity contribution < 1.29 is 4.79 Å². The second-order valence-corrected chi connectivity index (χ2v) is 6.66. The van der Waals surface area contributed by atoms with Gasteiger partial charge in [0.1, 0.15) is 0 Å². The molecule has 2 atom stereocenters. The molecule has 2 N–H and O–H groups in total. The maximum atomic E-state index is 12.9. The minimum Gasteiger partial charge on any atom is -0.342 e. The van der Waals surface area contributed by atoms with Crippen LogP contribution in [0, 0.1) is 11.3 Å². The lowest BCUT2D eigenvalue weighted by atomic mass is 9.87. The van der Waals surface area contributed by atoms with Gasteiger partial charge >= 0.3 is 0 Å². The Kier molecular flexibility index (Phi) is 4.48. The first kappa shape index (κ1) is 15.0. The predicted molar refractivity (Wildman–Crippen MR) is 82.4 cm³/mol. The summed E-state index contributed by atoms with van der Waals surface area (Å²) in [6.07, 6.45) is 1.01. The van der Waals surface area contributed by atoms with Crippen LogP contribution in [0.3, 0.4) is 0 Å². The number of benzene rings is 1. The molecule has 1 aromatic rings. The highest BCUT2D eigenvalue weighted by Crippen LogP contribution is 2.33. The van der Waals surface area contributed by atoms with E-state index in [9.17, 15) is 4.79 Å². The summed E-state index contributed by atoms with van der Waals surface area (Å²) >= 11 is 0. The van der Waals surface area contributed by atoms with Crippen LogP contribution in [0.25, 0.3) is 0 Å². The van der Waals surface area contributed by atoms with Crippen LogP contribution in [0.1, 0.15) is 38.7 Å². The molecular weight excluding hydrogens is 248 g/mol. The number of hydrogen-bond acceptors (Lipinski definition) is 2. The summed E-state index contributed by atoms with van der Waals surface area (Å²) in [6, 6.07) is 10.1. The normalized spacial score (nSPS) is 24.1. The predicted octanol–water partition coefficient (Wildman–Crippen LogP) is 2.62. The van der Waals surface area contributed by atoms with Gasteiger partial charge in [-0.05, 0) is 29.9 Å². The van der Waals surface area contributed by atoms with Gasteiger partial charge in [-0.2, -0.15) is 0 Å². The van der Waals surface area contributed by atoms with E-state index in [1.54, 1.807) is 0 Å². The number of rotatable bonds is 4. The molecule has 2 unspecified atom stereocenters. The second-order valence-electron chi connectivity index (χ2n) is 6.66. The van der Waals surface area contributed by atoms with Crippen molar-refractivity contribution in [3.63, 3.8) is 0 Å². The highest BCUT2D eigenvalue weighted by atomic mass is 16.2. The summed E-state index contributed by atoms with van der Waals surface area (Å²) in [4.78, 5) is 14.9. The molecule has 2 rings (SSSR count). The SMILES string of the molecule is CC(C)C(C(=O)N1CCC(C)(CN)C1)c1ccccc1. The first-order chi connectivity index (χ1) is 9.47. The topological polar surface area (TPSA) is 46.3 Å². The van der Waals surface area contributed by atoms with Crippen molar-refractivity contribution in [2.45, 2.75) is 33.1 Å². The summed E-state index contributed by atoms with van der Waals surface area (Å²) in [6.45, 7) is 8.68. The molecule has 0 spiro atoms. The standard InChI is InChI=1S/C17H26N2O/c1-13(2)15(14-7-5-4-6-8-14)16(20)19-10-9-17(3,11-18)12-19/h4-8,13,15H,9-12,18H2,1-3H3. The molecule has 1 fully saturated rings. The summed E-state index contributed by atoms with van der Waals surface area (Å²) in [5.41, 5.74) is 7.05. The summed E-state index contributed by atoms with van der Waals surface area (Å²) in [7, 11) is 0. The number of nitrogens with zero attached hydrogens (tertiary/aromatic N) is 1. The molecule has 1 aliphatic rings. The van der Waals surface area contributed by atoms with Crippen molar-refractivity contribution >= 4 is 5.91 Å². The van der Waals surface area contributed by atoms with Crippen molar-refractivity contribution in [3.8, 4) is 0 Å². The average molecular weight is 274 g/mol. The van der Waals surface area contributed by atoms with Crippen LogP contribution in [0.5, 0.6) is 0 Å².